The van der Waals surface area contributed by atoms with Gasteiger partial charge in [0, 0.05) is 0 Å². The molecule has 1 heterocycles. The summed E-state index contributed by atoms with van der Waals surface area (Å²) in [6.07, 6.45) is 14.6. The molecule has 37 heavy (non-hydrogen) atoms. The SMILES string of the molecule is S=P(OCc1ccccc1)(S[Te]1(SP(=S)(OCc2ccccc2)C2=C=CC=C2)CCCC1)C1=C=CC=C1. The zero-order valence-corrected chi connectivity index (χ0v) is 27.6. The van der Waals surface area contributed by atoms with Crippen LogP contribution in [0.25, 0.3) is 0 Å². The number of allylic oxidation sites excluding steroid dienone is 6. The fourth-order valence-corrected chi connectivity index (χ4v) is 89.2. The van der Waals surface area contributed by atoms with Gasteiger partial charge in [0.15, 0.2) is 0 Å². The van der Waals surface area contributed by atoms with E-state index in [9.17, 15) is 0 Å². The molecule has 0 amide bonds. The molecule has 2 unspecified atom stereocenters. The zero-order chi connectivity index (χ0) is 25.6. The van der Waals surface area contributed by atoms with E-state index in [-0.39, 0.29) is 0 Å². The summed E-state index contributed by atoms with van der Waals surface area (Å²) in [7, 11) is 4.04. The summed E-state index contributed by atoms with van der Waals surface area (Å²) in [5.74, 6) is 0. The summed E-state index contributed by atoms with van der Waals surface area (Å²) in [5.41, 5.74) is 4.35. The van der Waals surface area contributed by atoms with Gasteiger partial charge in [0.25, 0.3) is 0 Å². The van der Waals surface area contributed by atoms with Crippen molar-refractivity contribution >= 4 is 67.2 Å². The first-order valence-electron chi connectivity index (χ1n) is 12.0. The molecule has 0 spiro atoms. The van der Waals surface area contributed by atoms with Crippen molar-refractivity contribution in [3.63, 3.8) is 0 Å². The van der Waals surface area contributed by atoms with E-state index in [1.165, 1.54) is 21.8 Å². The average molecular weight is 714 g/mol. The van der Waals surface area contributed by atoms with Crippen LogP contribution < -0.4 is 0 Å². The molecule has 2 nitrogen and oxygen atoms in total. The maximum atomic E-state index is 6.70. The van der Waals surface area contributed by atoms with Gasteiger partial charge in [0.05, 0.1) is 0 Å². The minimum atomic E-state index is -2.75. The number of benzene rings is 2. The van der Waals surface area contributed by atoms with Crippen LogP contribution in [0, 0.1) is 0 Å². The molecule has 3 aliphatic rings. The first kappa shape index (κ1) is 28.2. The number of hydrogen-bond acceptors (Lipinski definition) is 6. The minimum absolute atomic E-state index is 0.517. The van der Waals surface area contributed by atoms with Crippen LogP contribution in [-0.2, 0) is 45.9 Å². The summed E-state index contributed by atoms with van der Waals surface area (Å²) in [4.78, 5) is 0. The van der Waals surface area contributed by atoms with Crippen molar-refractivity contribution in [2.24, 2.45) is 0 Å². The normalized spacial score (nSPS) is 21.4. The van der Waals surface area contributed by atoms with Gasteiger partial charge in [0.1, 0.15) is 0 Å². The first-order valence-corrected chi connectivity index (χ1v) is 29.2. The van der Waals surface area contributed by atoms with E-state index in [1.54, 1.807) is 0 Å². The Bertz CT molecular complexity index is 1310. The summed E-state index contributed by atoms with van der Waals surface area (Å²) >= 11 is 10.1. The van der Waals surface area contributed by atoms with E-state index in [4.69, 9.17) is 32.7 Å². The van der Waals surface area contributed by atoms with Gasteiger partial charge < -0.3 is 0 Å². The van der Waals surface area contributed by atoms with Gasteiger partial charge in [-0.15, -0.1) is 0 Å². The molecule has 1 saturated heterocycles. The van der Waals surface area contributed by atoms with Crippen molar-refractivity contribution in [1.29, 1.82) is 0 Å². The van der Waals surface area contributed by atoms with Gasteiger partial charge in [-0.3, -0.25) is 0 Å². The third kappa shape index (κ3) is 7.25. The molecule has 192 valence electrons. The number of hydrogen-bond donors (Lipinski definition) is 0. The molecule has 0 bridgehead atoms. The molecule has 0 radical (unpaired) electrons. The Morgan fingerprint density at radius 2 is 1.14 bits per heavy atom. The molecule has 9 heteroatoms. The molecular formula is C28H28O2P2S4Te. The Balaban J connectivity index is 1.43. The van der Waals surface area contributed by atoms with E-state index in [1.807, 2.05) is 77.9 Å². The second kappa shape index (κ2) is 12.9. The van der Waals surface area contributed by atoms with Crippen molar-refractivity contribution < 1.29 is 9.05 Å². The topological polar surface area (TPSA) is 18.5 Å². The summed E-state index contributed by atoms with van der Waals surface area (Å²) < 4.78 is 15.8. The van der Waals surface area contributed by atoms with Crippen molar-refractivity contribution in [3.05, 3.63) is 130 Å². The second-order valence-electron chi connectivity index (χ2n) is 8.63. The van der Waals surface area contributed by atoms with Crippen LogP contribution in [0.2, 0.25) is 8.94 Å². The van der Waals surface area contributed by atoms with E-state index in [2.05, 4.69) is 47.9 Å². The van der Waals surface area contributed by atoms with E-state index in [0.717, 1.165) is 21.8 Å². The van der Waals surface area contributed by atoms with Gasteiger partial charge in [-0.1, -0.05) is 0 Å². The summed E-state index contributed by atoms with van der Waals surface area (Å²) in [6, 6.07) is 20.7. The van der Waals surface area contributed by atoms with Crippen LogP contribution in [0.5, 0.6) is 0 Å². The molecule has 2 atom stereocenters. The number of rotatable bonds is 12. The molecular weight excluding hydrogens is 686 g/mol. The van der Waals surface area contributed by atoms with Crippen LogP contribution in [0.1, 0.15) is 24.0 Å². The van der Waals surface area contributed by atoms with E-state index >= 15 is 0 Å². The predicted molar refractivity (Wildman–Crippen MR) is 172 cm³/mol. The molecule has 1 aliphatic heterocycles. The maximum absolute atomic E-state index is 6.70. The predicted octanol–water partition coefficient (Wildman–Crippen LogP) is 9.96. The first-order chi connectivity index (χ1) is 18.0. The summed E-state index contributed by atoms with van der Waals surface area (Å²) in [6.45, 7) is 1.03. The van der Waals surface area contributed by atoms with Gasteiger partial charge in [-0.05, 0) is 0 Å². The Labute approximate surface area is 239 Å². The van der Waals surface area contributed by atoms with Crippen LogP contribution in [0.4, 0.5) is 0 Å². The Kier molecular flexibility index (Phi) is 9.83. The van der Waals surface area contributed by atoms with Gasteiger partial charge in [-0.25, -0.2) is 0 Å². The van der Waals surface area contributed by atoms with Crippen molar-refractivity contribution in [2.45, 2.75) is 35.0 Å². The molecule has 0 saturated carbocycles. The van der Waals surface area contributed by atoms with E-state index in [0.29, 0.717) is 13.2 Å². The monoisotopic (exact) mass is 716 g/mol. The van der Waals surface area contributed by atoms with Crippen LogP contribution >= 0.6 is 28.2 Å². The Hall–Kier alpha value is -0.330. The van der Waals surface area contributed by atoms with Crippen molar-refractivity contribution in [2.75, 3.05) is 0 Å². The molecule has 1 fully saturated rings. The van der Waals surface area contributed by atoms with Crippen LogP contribution in [0.15, 0.2) is 119 Å². The standard InChI is InChI=1S/C28H28O2P2S4Te/c33-31(27-17-7-8-18-27,29-23-25-13-3-1-4-14-25)35-37(21-11-12-22-37)36-32(34,28-19-9-10-20-28)30-24-26-15-5-2-6-16-26/h1-10,13-17,19H,11-12,21-24H2. The van der Waals surface area contributed by atoms with Gasteiger partial charge >= 0.3 is 242 Å². The molecule has 0 N–H and O–H groups in total. The van der Waals surface area contributed by atoms with Gasteiger partial charge in [-0.2, -0.15) is 0 Å². The zero-order valence-electron chi connectivity index (χ0n) is 20.2. The average Bonchev–Trinajstić information content (AvgIpc) is 3.71. The fraction of sp³-hybridized carbons (Fsp3) is 0.214. The summed E-state index contributed by atoms with van der Waals surface area (Å²) in [5, 5.41) is 2.08. The second-order valence-corrected chi connectivity index (χ2v) is 45.1. The molecule has 5 rings (SSSR count). The van der Waals surface area contributed by atoms with Crippen LogP contribution in [0.3, 0.4) is 0 Å². The molecule has 2 aliphatic carbocycles. The van der Waals surface area contributed by atoms with E-state index < -0.39 is 26.4 Å². The van der Waals surface area contributed by atoms with Crippen molar-refractivity contribution in [1.82, 2.24) is 0 Å². The Morgan fingerprint density at radius 1 is 0.703 bits per heavy atom. The van der Waals surface area contributed by atoms with Crippen molar-refractivity contribution in [3.8, 4) is 0 Å². The van der Waals surface area contributed by atoms with Crippen LogP contribution in [-0.4, -0.2) is 15.4 Å². The third-order valence-electron chi connectivity index (χ3n) is 5.87. The molecule has 2 aromatic carbocycles. The Morgan fingerprint density at radius 3 is 1.51 bits per heavy atom. The molecule has 0 aromatic heterocycles. The third-order valence-corrected chi connectivity index (χ3v) is 64.3. The molecule has 2 aromatic rings. The van der Waals surface area contributed by atoms with Gasteiger partial charge in [0.2, 0.25) is 0 Å². The fourth-order valence-electron chi connectivity index (χ4n) is 3.98. The quantitative estimate of drug-likeness (QED) is 0.123.